The minimum Gasteiger partial charge on any atom is -0.356 e. The van der Waals surface area contributed by atoms with Gasteiger partial charge in [-0.1, -0.05) is 54.6 Å². The molecule has 4 aromatic carbocycles. The Bertz CT molecular complexity index is 1310. The highest BCUT2D eigenvalue weighted by atomic mass is 32.1. The van der Waals surface area contributed by atoms with Crippen LogP contribution in [0.4, 0.5) is 11.4 Å². The van der Waals surface area contributed by atoms with Crippen molar-refractivity contribution in [2.45, 2.75) is 0 Å². The number of hydrogen-bond donors (Lipinski definition) is 1. The van der Waals surface area contributed by atoms with Crippen molar-refractivity contribution in [3.05, 3.63) is 109 Å². The maximum atomic E-state index is 3.51. The first-order chi connectivity index (χ1) is 15.3. The summed E-state index contributed by atoms with van der Waals surface area (Å²) >= 11 is 3.63. The van der Waals surface area contributed by atoms with Gasteiger partial charge < -0.3 is 5.32 Å². The number of fused-ring (bicyclic) bond motifs is 2. The Morgan fingerprint density at radius 1 is 0.613 bits per heavy atom. The van der Waals surface area contributed by atoms with Gasteiger partial charge in [0.1, 0.15) is 0 Å². The van der Waals surface area contributed by atoms with Gasteiger partial charge in [-0.2, -0.15) is 0 Å². The number of nitrogens with one attached hydrogen (secondary N) is 1. The molecule has 0 amide bonds. The summed E-state index contributed by atoms with van der Waals surface area (Å²) in [5, 5.41) is 5.94. The Kier molecular flexibility index (Phi) is 4.46. The quantitative estimate of drug-likeness (QED) is 0.294. The van der Waals surface area contributed by atoms with Crippen molar-refractivity contribution < 1.29 is 0 Å². The van der Waals surface area contributed by atoms with E-state index in [-0.39, 0.29) is 0 Å². The maximum Gasteiger partial charge on any atom is 0.0440 e. The number of rotatable bonds is 4. The first kappa shape index (κ1) is 18.2. The van der Waals surface area contributed by atoms with Gasteiger partial charge in [-0.3, -0.25) is 0 Å². The van der Waals surface area contributed by atoms with Crippen LogP contribution in [0.1, 0.15) is 0 Å². The molecule has 3 heteroatoms. The van der Waals surface area contributed by atoms with E-state index in [0.29, 0.717) is 0 Å². The van der Waals surface area contributed by atoms with Crippen LogP contribution < -0.4 is 5.32 Å². The van der Waals surface area contributed by atoms with E-state index in [1.807, 2.05) is 17.4 Å². The summed E-state index contributed by atoms with van der Waals surface area (Å²) < 4.78 is 2.57. The van der Waals surface area contributed by atoms with Crippen molar-refractivity contribution in [1.29, 1.82) is 0 Å². The van der Waals surface area contributed by atoms with Gasteiger partial charge in [0.25, 0.3) is 0 Å². The third-order valence-corrected chi connectivity index (χ3v) is 7.65. The predicted octanol–water partition coefficient (Wildman–Crippen LogP) is 8.79. The van der Waals surface area contributed by atoms with Crippen molar-refractivity contribution in [2.24, 2.45) is 0 Å². The summed E-state index contributed by atoms with van der Waals surface area (Å²) in [6.45, 7) is 0. The molecule has 2 aromatic heterocycles. The molecule has 0 atom stereocenters. The van der Waals surface area contributed by atoms with Crippen LogP contribution in [-0.2, 0) is 0 Å². The molecule has 0 unspecified atom stereocenters. The fourth-order valence-electron chi connectivity index (χ4n) is 3.73. The molecule has 0 saturated carbocycles. The zero-order valence-electron chi connectivity index (χ0n) is 16.6. The highest BCUT2D eigenvalue weighted by molar-refractivity contribution is 7.22. The minimum atomic E-state index is 1.08. The van der Waals surface area contributed by atoms with Gasteiger partial charge in [-0.25, -0.2) is 0 Å². The smallest absolute Gasteiger partial charge is 0.0440 e. The van der Waals surface area contributed by atoms with Gasteiger partial charge in [-0.05, 0) is 71.1 Å². The van der Waals surface area contributed by atoms with E-state index in [9.17, 15) is 0 Å². The molecule has 1 N–H and O–H groups in total. The van der Waals surface area contributed by atoms with Crippen LogP contribution in [0, 0.1) is 12.1 Å². The minimum absolute atomic E-state index is 1.08. The van der Waals surface area contributed by atoms with Crippen LogP contribution in [0.2, 0.25) is 0 Å². The van der Waals surface area contributed by atoms with E-state index in [1.165, 1.54) is 35.7 Å². The standard InChI is InChI=1S/C28H17NS2/c1-3-7-25-21(5-1)17-27(30-25)19-9-13-23(14-10-19)29-24-15-11-20(12-16-24)28-18-22-6-2-4-8-26(22)31-28/h1,3-5,7-18,29H. The van der Waals surface area contributed by atoms with E-state index in [2.05, 4.69) is 108 Å². The predicted molar refractivity (Wildman–Crippen MR) is 135 cm³/mol. The molecule has 6 rings (SSSR count). The molecule has 2 heterocycles. The lowest BCUT2D eigenvalue weighted by Crippen LogP contribution is -1.89. The molecule has 0 spiro atoms. The lowest BCUT2D eigenvalue weighted by Gasteiger charge is -2.08. The molecule has 0 aliphatic heterocycles. The fourth-order valence-corrected chi connectivity index (χ4v) is 5.82. The molecule has 0 aliphatic carbocycles. The summed E-state index contributed by atoms with van der Waals surface area (Å²) in [5.41, 5.74) is 4.64. The molecular formula is C28H17NS2. The fraction of sp³-hybridized carbons (Fsp3) is 0. The molecule has 0 radical (unpaired) electrons. The normalized spacial score (nSPS) is 11.0. The number of anilines is 2. The van der Waals surface area contributed by atoms with E-state index in [1.54, 1.807) is 11.3 Å². The van der Waals surface area contributed by atoms with Crippen molar-refractivity contribution >= 4 is 54.2 Å². The van der Waals surface area contributed by atoms with Gasteiger partial charge in [0, 0.05) is 35.9 Å². The average molecular weight is 432 g/mol. The second-order valence-corrected chi connectivity index (χ2v) is 9.59. The molecule has 1 nitrogen and oxygen atoms in total. The highest BCUT2D eigenvalue weighted by Gasteiger charge is 2.06. The van der Waals surface area contributed by atoms with Crippen LogP contribution in [0.15, 0.2) is 97.1 Å². The summed E-state index contributed by atoms with van der Waals surface area (Å²) in [4.78, 5) is 2.56. The van der Waals surface area contributed by atoms with Gasteiger partial charge in [0.05, 0.1) is 0 Å². The van der Waals surface area contributed by atoms with Crippen molar-refractivity contribution in [1.82, 2.24) is 0 Å². The Labute approximate surface area is 189 Å². The second-order valence-electron chi connectivity index (χ2n) is 7.42. The number of benzene rings is 3. The van der Waals surface area contributed by atoms with Crippen LogP contribution in [0.5, 0.6) is 0 Å². The van der Waals surface area contributed by atoms with E-state index < -0.39 is 0 Å². The highest BCUT2D eigenvalue weighted by Crippen LogP contribution is 2.35. The van der Waals surface area contributed by atoms with E-state index in [4.69, 9.17) is 0 Å². The summed E-state index contributed by atoms with van der Waals surface area (Å²) in [5.74, 6) is 0. The van der Waals surface area contributed by atoms with Gasteiger partial charge in [0.15, 0.2) is 0 Å². The van der Waals surface area contributed by atoms with Crippen molar-refractivity contribution in [2.75, 3.05) is 5.32 Å². The largest absolute Gasteiger partial charge is 0.356 e. The third-order valence-electron chi connectivity index (χ3n) is 5.34. The van der Waals surface area contributed by atoms with E-state index >= 15 is 0 Å². The molecular weight excluding hydrogens is 414 g/mol. The van der Waals surface area contributed by atoms with Crippen molar-refractivity contribution in [3.8, 4) is 20.9 Å². The van der Waals surface area contributed by atoms with Gasteiger partial charge >= 0.3 is 0 Å². The van der Waals surface area contributed by atoms with Crippen LogP contribution in [-0.4, -0.2) is 0 Å². The zero-order chi connectivity index (χ0) is 20.6. The molecule has 146 valence electrons. The van der Waals surface area contributed by atoms with Gasteiger partial charge in [-0.15, -0.1) is 22.7 Å². The zero-order valence-corrected chi connectivity index (χ0v) is 18.2. The lowest BCUT2D eigenvalue weighted by atomic mass is 10.1. The second kappa shape index (κ2) is 7.59. The van der Waals surface area contributed by atoms with Crippen LogP contribution >= 0.6 is 22.7 Å². The lowest BCUT2D eigenvalue weighted by molar-refractivity contribution is 1.55. The first-order valence-electron chi connectivity index (χ1n) is 10.1. The van der Waals surface area contributed by atoms with E-state index in [0.717, 1.165) is 16.8 Å². The third kappa shape index (κ3) is 3.57. The first-order valence-corrected chi connectivity index (χ1v) is 11.7. The van der Waals surface area contributed by atoms with Crippen LogP contribution in [0.25, 0.3) is 41.1 Å². The van der Waals surface area contributed by atoms with Crippen molar-refractivity contribution in [3.63, 3.8) is 0 Å². The van der Waals surface area contributed by atoms with Crippen LogP contribution in [0.3, 0.4) is 0 Å². The average Bonchev–Trinajstić information content (AvgIpc) is 3.44. The van der Waals surface area contributed by atoms with Gasteiger partial charge in [0.2, 0.25) is 0 Å². The SMILES string of the molecule is c1ccc2sc(-c3ccc(Nc4ccc(-c5cc6ccccc6s5)cc4)cc3)cc2c#1. The summed E-state index contributed by atoms with van der Waals surface area (Å²) in [6.07, 6.45) is 0. The Morgan fingerprint density at radius 2 is 1.26 bits per heavy atom. The summed E-state index contributed by atoms with van der Waals surface area (Å²) in [7, 11) is 0. The number of hydrogen-bond acceptors (Lipinski definition) is 3. The Morgan fingerprint density at radius 3 is 1.94 bits per heavy atom. The molecule has 0 bridgehead atoms. The summed E-state index contributed by atoms with van der Waals surface area (Å²) in [6, 6.07) is 40.5. The monoisotopic (exact) mass is 431 g/mol. The molecule has 31 heavy (non-hydrogen) atoms. The molecule has 0 saturated heterocycles. The Hall–Kier alpha value is -3.58. The molecule has 6 aromatic rings. The maximum absolute atomic E-state index is 3.51. The topological polar surface area (TPSA) is 12.0 Å². The molecule has 0 aliphatic rings. The number of thiophene rings is 2. The molecule has 0 fully saturated rings. The Balaban J connectivity index is 1.20.